The van der Waals surface area contributed by atoms with Crippen LogP contribution in [0, 0.1) is 10.1 Å². The zero-order valence-electron chi connectivity index (χ0n) is 12.7. The highest BCUT2D eigenvalue weighted by atomic mass is 16.6. The molecule has 3 rings (SSSR count). The Balaban J connectivity index is 1.58. The Morgan fingerprint density at radius 3 is 2.43 bits per heavy atom. The van der Waals surface area contributed by atoms with Crippen molar-refractivity contribution in [3.63, 3.8) is 0 Å². The molecule has 1 aliphatic heterocycles. The van der Waals surface area contributed by atoms with Crippen LogP contribution in [0.4, 0.5) is 11.4 Å². The lowest BCUT2D eigenvalue weighted by Crippen LogP contribution is -2.44. The number of para-hydroxylation sites is 1. The lowest BCUT2D eigenvalue weighted by molar-refractivity contribution is -0.384. The van der Waals surface area contributed by atoms with Gasteiger partial charge >= 0.3 is 0 Å². The van der Waals surface area contributed by atoms with E-state index in [1.165, 1.54) is 17.8 Å². The maximum atomic E-state index is 10.8. The Hall–Kier alpha value is -2.89. The van der Waals surface area contributed by atoms with Crippen molar-refractivity contribution in [1.82, 2.24) is 5.01 Å². The molecule has 2 aromatic rings. The first-order valence-corrected chi connectivity index (χ1v) is 7.56. The van der Waals surface area contributed by atoms with E-state index in [1.807, 2.05) is 29.3 Å². The van der Waals surface area contributed by atoms with Crippen LogP contribution < -0.4 is 4.90 Å². The van der Waals surface area contributed by atoms with Gasteiger partial charge in [0.25, 0.3) is 5.69 Å². The van der Waals surface area contributed by atoms with Gasteiger partial charge in [0, 0.05) is 36.5 Å². The number of anilines is 1. The molecule has 0 N–H and O–H groups in total. The zero-order chi connectivity index (χ0) is 16.1. The van der Waals surface area contributed by atoms with Gasteiger partial charge in [0.15, 0.2) is 0 Å². The van der Waals surface area contributed by atoms with Crippen molar-refractivity contribution in [1.29, 1.82) is 0 Å². The number of hydrogen-bond acceptors (Lipinski definition) is 5. The molecule has 23 heavy (non-hydrogen) atoms. The maximum Gasteiger partial charge on any atom is 0.270 e. The SMILES string of the molecule is O=[N+]([O-])c1cccc(C=NN2CCN(c3ccccc3)CC2)c1. The lowest BCUT2D eigenvalue weighted by Gasteiger charge is -2.34. The molecule has 0 amide bonds. The molecule has 6 heteroatoms. The minimum absolute atomic E-state index is 0.0860. The van der Waals surface area contributed by atoms with E-state index in [0.717, 1.165) is 31.7 Å². The summed E-state index contributed by atoms with van der Waals surface area (Å²) >= 11 is 0. The van der Waals surface area contributed by atoms with E-state index in [1.54, 1.807) is 12.3 Å². The smallest absolute Gasteiger partial charge is 0.270 e. The Kier molecular flexibility index (Phi) is 4.52. The van der Waals surface area contributed by atoms with Crippen molar-refractivity contribution in [3.05, 3.63) is 70.3 Å². The third-order valence-electron chi connectivity index (χ3n) is 3.83. The highest BCUT2D eigenvalue weighted by molar-refractivity contribution is 5.80. The average molecular weight is 310 g/mol. The number of hydrogen-bond donors (Lipinski definition) is 0. The van der Waals surface area contributed by atoms with Gasteiger partial charge in [-0.25, -0.2) is 0 Å². The van der Waals surface area contributed by atoms with E-state index in [0.29, 0.717) is 0 Å². The standard InChI is InChI=1S/C17H18N4O2/c22-21(23)17-8-4-5-15(13-17)14-18-20-11-9-19(10-12-20)16-6-2-1-3-7-16/h1-8,13-14H,9-12H2. The monoisotopic (exact) mass is 310 g/mol. The van der Waals surface area contributed by atoms with Gasteiger partial charge in [-0.2, -0.15) is 5.10 Å². The van der Waals surface area contributed by atoms with Gasteiger partial charge in [0.05, 0.1) is 24.2 Å². The lowest BCUT2D eigenvalue weighted by atomic mass is 10.2. The van der Waals surface area contributed by atoms with E-state index < -0.39 is 4.92 Å². The first-order valence-electron chi connectivity index (χ1n) is 7.56. The number of nitro groups is 1. The molecule has 0 unspecified atom stereocenters. The largest absolute Gasteiger partial charge is 0.368 e. The van der Waals surface area contributed by atoms with E-state index in [-0.39, 0.29) is 5.69 Å². The van der Waals surface area contributed by atoms with Crippen LogP contribution in [0.1, 0.15) is 5.56 Å². The topological polar surface area (TPSA) is 62.0 Å². The molecular formula is C17H18N4O2. The molecule has 6 nitrogen and oxygen atoms in total. The van der Waals surface area contributed by atoms with Crippen molar-refractivity contribution in [3.8, 4) is 0 Å². The fourth-order valence-corrected chi connectivity index (χ4v) is 2.58. The Morgan fingerprint density at radius 1 is 1.00 bits per heavy atom. The summed E-state index contributed by atoms with van der Waals surface area (Å²) in [6.45, 7) is 3.49. The predicted molar refractivity (Wildman–Crippen MR) is 90.9 cm³/mol. The van der Waals surface area contributed by atoms with Gasteiger partial charge in [0.1, 0.15) is 0 Å². The van der Waals surface area contributed by atoms with Crippen LogP contribution in [0.25, 0.3) is 0 Å². The number of nitrogens with zero attached hydrogens (tertiary/aromatic N) is 4. The molecule has 0 radical (unpaired) electrons. The first kappa shape index (κ1) is 15.0. The van der Waals surface area contributed by atoms with Crippen LogP contribution in [0.15, 0.2) is 59.7 Å². The number of benzene rings is 2. The summed E-state index contributed by atoms with van der Waals surface area (Å²) in [5, 5.41) is 17.2. The van der Waals surface area contributed by atoms with Gasteiger partial charge in [-0.1, -0.05) is 30.3 Å². The van der Waals surface area contributed by atoms with Crippen molar-refractivity contribution < 1.29 is 4.92 Å². The summed E-state index contributed by atoms with van der Waals surface area (Å²) in [6.07, 6.45) is 1.69. The highest BCUT2D eigenvalue weighted by Gasteiger charge is 2.15. The predicted octanol–water partition coefficient (Wildman–Crippen LogP) is 2.75. The van der Waals surface area contributed by atoms with E-state index in [9.17, 15) is 10.1 Å². The van der Waals surface area contributed by atoms with E-state index in [2.05, 4.69) is 22.1 Å². The second-order valence-electron chi connectivity index (χ2n) is 5.37. The summed E-state index contributed by atoms with van der Waals surface area (Å²) in [6, 6.07) is 16.8. The average Bonchev–Trinajstić information content (AvgIpc) is 2.61. The van der Waals surface area contributed by atoms with Gasteiger partial charge in [-0.05, 0) is 12.1 Å². The molecular weight excluding hydrogens is 292 g/mol. The molecule has 1 saturated heterocycles. The second kappa shape index (κ2) is 6.91. The van der Waals surface area contributed by atoms with Crippen LogP contribution in [-0.4, -0.2) is 42.3 Å². The van der Waals surface area contributed by atoms with Crippen LogP contribution in [0.3, 0.4) is 0 Å². The van der Waals surface area contributed by atoms with Crippen molar-refractivity contribution >= 4 is 17.6 Å². The maximum absolute atomic E-state index is 10.8. The van der Waals surface area contributed by atoms with E-state index in [4.69, 9.17) is 0 Å². The molecule has 1 fully saturated rings. The molecule has 2 aromatic carbocycles. The Morgan fingerprint density at radius 2 is 1.74 bits per heavy atom. The molecule has 0 spiro atoms. The Labute approximate surface area is 134 Å². The number of rotatable bonds is 4. The van der Waals surface area contributed by atoms with E-state index >= 15 is 0 Å². The van der Waals surface area contributed by atoms with Crippen LogP contribution in [0.2, 0.25) is 0 Å². The third kappa shape index (κ3) is 3.85. The van der Waals surface area contributed by atoms with Crippen LogP contribution in [-0.2, 0) is 0 Å². The number of piperazine rings is 1. The van der Waals surface area contributed by atoms with Gasteiger partial charge in [-0.3, -0.25) is 15.1 Å². The quantitative estimate of drug-likeness (QED) is 0.495. The minimum Gasteiger partial charge on any atom is -0.368 e. The Bertz CT molecular complexity index is 695. The molecule has 0 saturated carbocycles. The van der Waals surface area contributed by atoms with Gasteiger partial charge in [-0.15, -0.1) is 0 Å². The number of hydrazone groups is 1. The first-order chi connectivity index (χ1) is 11.2. The molecule has 0 atom stereocenters. The van der Waals surface area contributed by atoms with Gasteiger partial charge < -0.3 is 4.90 Å². The minimum atomic E-state index is -0.393. The summed E-state index contributed by atoms with van der Waals surface area (Å²) in [7, 11) is 0. The molecule has 0 aromatic heterocycles. The molecule has 0 aliphatic carbocycles. The molecule has 1 aliphatic rings. The summed E-state index contributed by atoms with van der Waals surface area (Å²) in [4.78, 5) is 12.7. The zero-order valence-corrected chi connectivity index (χ0v) is 12.7. The summed E-state index contributed by atoms with van der Waals surface area (Å²) in [5.74, 6) is 0. The highest BCUT2D eigenvalue weighted by Crippen LogP contribution is 2.16. The van der Waals surface area contributed by atoms with Gasteiger partial charge in [0.2, 0.25) is 0 Å². The molecule has 118 valence electrons. The van der Waals surface area contributed by atoms with Crippen molar-refractivity contribution in [2.75, 3.05) is 31.1 Å². The molecule has 0 bridgehead atoms. The molecule has 1 heterocycles. The fraction of sp³-hybridized carbons (Fsp3) is 0.235. The normalized spacial score (nSPS) is 15.1. The summed E-state index contributed by atoms with van der Waals surface area (Å²) < 4.78 is 0. The fourth-order valence-electron chi connectivity index (χ4n) is 2.58. The third-order valence-corrected chi connectivity index (χ3v) is 3.83. The van der Waals surface area contributed by atoms with Crippen molar-refractivity contribution in [2.45, 2.75) is 0 Å². The van der Waals surface area contributed by atoms with Crippen LogP contribution >= 0.6 is 0 Å². The number of non-ortho nitro benzene ring substituents is 1. The van der Waals surface area contributed by atoms with Crippen molar-refractivity contribution in [2.24, 2.45) is 5.10 Å². The second-order valence-corrected chi connectivity index (χ2v) is 5.37. The number of nitro benzene ring substituents is 1. The van der Waals surface area contributed by atoms with Crippen LogP contribution in [0.5, 0.6) is 0 Å². The summed E-state index contributed by atoms with van der Waals surface area (Å²) in [5.41, 5.74) is 2.06.